The predicted molar refractivity (Wildman–Crippen MR) is 134 cm³/mol. The summed E-state index contributed by atoms with van der Waals surface area (Å²) in [6.45, 7) is 9.37. The summed E-state index contributed by atoms with van der Waals surface area (Å²) < 4.78 is 11.5. The molecule has 2 aromatic carbocycles. The first-order valence-corrected chi connectivity index (χ1v) is 12.0. The van der Waals surface area contributed by atoms with E-state index in [1.54, 1.807) is 18.3 Å². The number of hydrogen-bond donors (Lipinski definition) is 0. The van der Waals surface area contributed by atoms with Crippen LogP contribution in [0.5, 0.6) is 11.5 Å². The normalized spacial score (nSPS) is 15.7. The molecule has 0 N–H and O–H groups in total. The Balaban J connectivity index is 1.43. The largest absolute Gasteiger partial charge is 0.459 e. The fraction of sp³-hybridized carbons (Fsp3) is 0.357. The van der Waals surface area contributed by atoms with Crippen LogP contribution in [0.1, 0.15) is 43.1 Å². The second-order valence-corrected chi connectivity index (χ2v) is 8.84. The quantitative estimate of drug-likeness (QED) is 0.392. The van der Waals surface area contributed by atoms with E-state index in [2.05, 4.69) is 33.8 Å². The number of rotatable bonds is 9. The molecule has 1 atom stereocenters. The molecule has 0 saturated carbocycles. The molecular formula is C28H33N3O3. The van der Waals surface area contributed by atoms with Crippen LogP contribution in [-0.2, 0) is 11.3 Å². The van der Waals surface area contributed by atoms with Gasteiger partial charge in [0.2, 0.25) is 0 Å². The van der Waals surface area contributed by atoms with E-state index in [-0.39, 0.29) is 12.1 Å². The zero-order valence-electron chi connectivity index (χ0n) is 20.2. The first-order valence-electron chi connectivity index (χ1n) is 12.0. The van der Waals surface area contributed by atoms with Gasteiger partial charge < -0.3 is 14.4 Å². The van der Waals surface area contributed by atoms with Gasteiger partial charge >= 0.3 is 5.97 Å². The molecule has 0 aliphatic carbocycles. The molecule has 6 nitrogen and oxygen atoms in total. The van der Waals surface area contributed by atoms with Crippen LogP contribution in [0.15, 0.2) is 72.9 Å². The van der Waals surface area contributed by atoms with Crippen LogP contribution in [-0.4, -0.2) is 47.6 Å². The Bertz CT molecular complexity index is 1090. The molecule has 1 aliphatic rings. The van der Waals surface area contributed by atoms with Gasteiger partial charge in [0.05, 0.1) is 6.10 Å². The lowest BCUT2D eigenvalue weighted by molar-refractivity contribution is 0.0378. The van der Waals surface area contributed by atoms with Gasteiger partial charge in [-0.15, -0.1) is 0 Å². The smallest absolute Gasteiger partial charge is 0.342 e. The lowest BCUT2D eigenvalue weighted by Crippen LogP contribution is -2.37. The number of carbonyl (C=O) groups excluding carboxylic acids is 1. The number of para-hydroxylation sites is 1. The van der Waals surface area contributed by atoms with Crippen LogP contribution in [0.2, 0.25) is 0 Å². The molecule has 3 aromatic rings. The van der Waals surface area contributed by atoms with E-state index in [1.165, 1.54) is 5.56 Å². The molecule has 1 saturated heterocycles. The Kier molecular flexibility index (Phi) is 7.80. The summed E-state index contributed by atoms with van der Waals surface area (Å²) in [7, 11) is 0. The molecule has 0 radical (unpaired) electrons. The molecule has 34 heavy (non-hydrogen) atoms. The van der Waals surface area contributed by atoms with Gasteiger partial charge in [-0.2, -0.15) is 0 Å². The Morgan fingerprint density at radius 3 is 2.65 bits per heavy atom. The van der Waals surface area contributed by atoms with Crippen molar-refractivity contribution in [2.24, 2.45) is 0 Å². The van der Waals surface area contributed by atoms with Crippen LogP contribution in [0.3, 0.4) is 0 Å². The summed E-state index contributed by atoms with van der Waals surface area (Å²) in [6.07, 6.45) is 2.59. The van der Waals surface area contributed by atoms with E-state index in [1.807, 2.05) is 56.3 Å². The average Bonchev–Trinajstić information content (AvgIpc) is 3.33. The molecule has 2 heterocycles. The van der Waals surface area contributed by atoms with Gasteiger partial charge in [-0.05, 0) is 68.8 Å². The number of esters is 1. The second-order valence-electron chi connectivity index (χ2n) is 8.84. The van der Waals surface area contributed by atoms with Crippen LogP contribution < -0.4 is 9.64 Å². The number of anilines is 1. The first-order chi connectivity index (χ1) is 16.5. The number of pyridine rings is 1. The summed E-state index contributed by atoms with van der Waals surface area (Å²) >= 11 is 0. The van der Waals surface area contributed by atoms with Crippen molar-refractivity contribution in [3.05, 3.63) is 84.1 Å². The first kappa shape index (κ1) is 23.8. The summed E-state index contributed by atoms with van der Waals surface area (Å²) in [5.74, 6) is 2.07. The molecule has 4 rings (SSSR count). The molecule has 1 unspecified atom stereocenters. The maximum atomic E-state index is 12.6. The average molecular weight is 460 g/mol. The molecule has 1 aromatic heterocycles. The van der Waals surface area contributed by atoms with Crippen LogP contribution in [0.4, 0.5) is 5.82 Å². The van der Waals surface area contributed by atoms with Crippen molar-refractivity contribution in [1.29, 1.82) is 0 Å². The fourth-order valence-corrected chi connectivity index (χ4v) is 4.38. The number of ether oxygens (including phenoxy) is 2. The third-order valence-corrected chi connectivity index (χ3v) is 6.00. The number of hydrogen-bond acceptors (Lipinski definition) is 6. The summed E-state index contributed by atoms with van der Waals surface area (Å²) in [5.41, 5.74) is 1.75. The minimum atomic E-state index is -0.316. The van der Waals surface area contributed by atoms with Crippen molar-refractivity contribution < 1.29 is 14.3 Å². The lowest BCUT2D eigenvalue weighted by Gasteiger charge is -2.28. The summed E-state index contributed by atoms with van der Waals surface area (Å²) in [5, 5.41) is 0. The maximum absolute atomic E-state index is 12.6. The van der Waals surface area contributed by atoms with E-state index in [0.717, 1.165) is 44.1 Å². The number of likely N-dealkylation sites (N-methyl/N-ethyl adjacent to an activating group) is 1. The summed E-state index contributed by atoms with van der Waals surface area (Å²) in [4.78, 5) is 21.8. The second kappa shape index (κ2) is 11.2. The van der Waals surface area contributed by atoms with Gasteiger partial charge in [0.25, 0.3) is 0 Å². The number of benzene rings is 2. The highest BCUT2D eigenvalue weighted by Crippen LogP contribution is 2.27. The van der Waals surface area contributed by atoms with Gasteiger partial charge in [-0.3, -0.25) is 4.90 Å². The Labute approximate surface area is 202 Å². The molecule has 6 heteroatoms. The number of carbonyl (C=O) groups is 1. The third-order valence-electron chi connectivity index (χ3n) is 6.00. The van der Waals surface area contributed by atoms with Gasteiger partial charge in [0, 0.05) is 31.9 Å². The van der Waals surface area contributed by atoms with Crippen LogP contribution >= 0.6 is 0 Å². The molecule has 1 aliphatic heterocycles. The molecular weight excluding hydrogens is 426 g/mol. The Morgan fingerprint density at radius 1 is 1.09 bits per heavy atom. The van der Waals surface area contributed by atoms with E-state index >= 15 is 0 Å². The van der Waals surface area contributed by atoms with E-state index in [9.17, 15) is 4.79 Å². The van der Waals surface area contributed by atoms with E-state index in [0.29, 0.717) is 17.4 Å². The van der Waals surface area contributed by atoms with Gasteiger partial charge in [0.15, 0.2) is 0 Å². The minimum absolute atomic E-state index is 0.163. The zero-order chi connectivity index (χ0) is 23.9. The van der Waals surface area contributed by atoms with Crippen molar-refractivity contribution in [1.82, 2.24) is 9.88 Å². The van der Waals surface area contributed by atoms with Crippen molar-refractivity contribution in [3.8, 4) is 11.5 Å². The zero-order valence-corrected chi connectivity index (χ0v) is 20.2. The lowest BCUT2D eigenvalue weighted by atomic mass is 10.1. The van der Waals surface area contributed by atoms with Crippen molar-refractivity contribution in [2.45, 2.75) is 45.9 Å². The standard InChI is InChI=1S/C28H33N3O3/c1-4-30(19-22-10-8-13-25(18-22)34-24-11-6-5-7-12-24)23-15-17-31(20-23)27-26(14-9-16-29-27)28(32)33-21(2)3/h5-14,16,18,21,23H,4,15,17,19-20H2,1-3H3. The SMILES string of the molecule is CCN(Cc1cccc(Oc2ccccc2)c1)C1CCN(c2ncccc2C(=O)OC(C)C)C1. The number of nitrogens with zero attached hydrogens (tertiary/aromatic N) is 3. The van der Waals surface area contributed by atoms with E-state index in [4.69, 9.17) is 9.47 Å². The highest BCUT2D eigenvalue weighted by atomic mass is 16.5. The van der Waals surface area contributed by atoms with Crippen molar-refractivity contribution in [3.63, 3.8) is 0 Å². The van der Waals surface area contributed by atoms with Crippen LogP contribution in [0.25, 0.3) is 0 Å². The molecule has 0 spiro atoms. The van der Waals surface area contributed by atoms with Gasteiger partial charge in [0.1, 0.15) is 22.9 Å². The van der Waals surface area contributed by atoms with Crippen molar-refractivity contribution >= 4 is 11.8 Å². The maximum Gasteiger partial charge on any atom is 0.342 e. The molecule has 0 amide bonds. The fourth-order valence-electron chi connectivity index (χ4n) is 4.38. The predicted octanol–water partition coefficient (Wildman–Crippen LogP) is 5.54. The Morgan fingerprint density at radius 2 is 1.88 bits per heavy atom. The number of aromatic nitrogens is 1. The van der Waals surface area contributed by atoms with Crippen molar-refractivity contribution in [2.75, 3.05) is 24.5 Å². The Hall–Kier alpha value is -3.38. The highest BCUT2D eigenvalue weighted by molar-refractivity contribution is 5.94. The highest BCUT2D eigenvalue weighted by Gasteiger charge is 2.30. The molecule has 178 valence electrons. The topological polar surface area (TPSA) is 54.9 Å². The van der Waals surface area contributed by atoms with E-state index < -0.39 is 0 Å². The van der Waals surface area contributed by atoms with Gasteiger partial charge in [-0.25, -0.2) is 9.78 Å². The van der Waals surface area contributed by atoms with Gasteiger partial charge in [-0.1, -0.05) is 37.3 Å². The molecule has 0 bridgehead atoms. The third kappa shape index (κ3) is 5.94. The van der Waals surface area contributed by atoms with Crippen LogP contribution in [0, 0.1) is 0 Å². The monoisotopic (exact) mass is 459 g/mol. The molecule has 1 fully saturated rings. The minimum Gasteiger partial charge on any atom is -0.459 e. The summed E-state index contributed by atoms with van der Waals surface area (Å²) in [6, 6.07) is 22.1.